The van der Waals surface area contributed by atoms with E-state index < -0.39 is 0 Å². The van der Waals surface area contributed by atoms with Crippen LogP contribution in [-0.4, -0.2) is 21.4 Å². The van der Waals surface area contributed by atoms with Crippen LogP contribution < -0.4 is 4.74 Å². The summed E-state index contributed by atoms with van der Waals surface area (Å²) in [5, 5.41) is 20.9. The summed E-state index contributed by atoms with van der Waals surface area (Å²) in [4.78, 5) is 12.2. The number of hydrogen-bond acceptors (Lipinski definition) is 5. The molecule has 4 nitrogen and oxygen atoms in total. The van der Waals surface area contributed by atoms with Crippen LogP contribution in [0.2, 0.25) is 0 Å². The van der Waals surface area contributed by atoms with Gasteiger partial charge in [-0.25, -0.2) is 0 Å². The molecule has 3 rings (SSSR count). The van der Waals surface area contributed by atoms with E-state index in [1.165, 1.54) is 11.4 Å². The van der Waals surface area contributed by atoms with Crippen molar-refractivity contribution < 1.29 is 19.7 Å². The minimum atomic E-state index is -0.284. The topological polar surface area (TPSA) is 66.8 Å². The van der Waals surface area contributed by atoms with E-state index in [4.69, 9.17) is 17.0 Å². The van der Waals surface area contributed by atoms with Gasteiger partial charge in [0, 0.05) is 29.5 Å². The highest BCUT2D eigenvalue weighted by Gasteiger charge is 2.25. The van der Waals surface area contributed by atoms with Crippen LogP contribution >= 0.6 is 12.2 Å². The van der Waals surface area contributed by atoms with Crippen molar-refractivity contribution in [3.63, 3.8) is 0 Å². The number of phenols is 2. The van der Waals surface area contributed by atoms with Gasteiger partial charge in [0.15, 0.2) is 5.78 Å². The average Bonchev–Trinajstić information content (AvgIpc) is 2.52. The Morgan fingerprint density at radius 2 is 1.95 bits per heavy atom. The Kier molecular flexibility index (Phi) is 2.91. The van der Waals surface area contributed by atoms with E-state index in [9.17, 15) is 15.0 Å². The van der Waals surface area contributed by atoms with Gasteiger partial charge in [-0.1, -0.05) is 18.3 Å². The normalized spacial score (nSPS) is 12.9. The van der Waals surface area contributed by atoms with Gasteiger partial charge >= 0.3 is 0 Å². The lowest BCUT2D eigenvalue weighted by Gasteiger charge is -2.09. The van der Waals surface area contributed by atoms with Gasteiger partial charge in [-0.2, -0.15) is 0 Å². The van der Waals surface area contributed by atoms with Crippen LogP contribution in [0, 0.1) is 0 Å². The molecule has 0 spiro atoms. The van der Waals surface area contributed by atoms with Gasteiger partial charge in [0.1, 0.15) is 28.6 Å². The number of carbonyl (C=O) groups is 1. The van der Waals surface area contributed by atoms with Crippen molar-refractivity contribution in [2.45, 2.75) is 6.42 Å². The second-order valence-corrected chi connectivity index (χ2v) is 4.76. The van der Waals surface area contributed by atoms with Crippen molar-refractivity contribution in [3.05, 3.63) is 47.0 Å². The molecule has 0 aromatic heterocycles. The number of hydrogen-bond donors (Lipinski definition) is 2. The van der Waals surface area contributed by atoms with Crippen molar-refractivity contribution in [1.82, 2.24) is 0 Å². The molecule has 2 N–H and O–H groups in total. The molecule has 0 bridgehead atoms. The highest BCUT2D eigenvalue weighted by molar-refractivity contribution is 7.79. The standard InChI is InChI=1S/C15H10O4S/c16-10-5-12(18)15-11(17)4-9-3-8(7-20)1-2-13(9)19-14(15)6-10/h1-3,5-7,16,18H,4H2. The van der Waals surface area contributed by atoms with Crippen molar-refractivity contribution in [2.24, 2.45) is 0 Å². The van der Waals surface area contributed by atoms with E-state index in [1.54, 1.807) is 18.2 Å². The Hall–Kier alpha value is -2.40. The van der Waals surface area contributed by atoms with E-state index in [2.05, 4.69) is 0 Å². The molecule has 0 saturated carbocycles. The molecule has 0 radical (unpaired) electrons. The first kappa shape index (κ1) is 12.6. The van der Waals surface area contributed by atoms with Crippen LogP contribution in [0.4, 0.5) is 0 Å². The van der Waals surface area contributed by atoms with Crippen LogP contribution in [-0.2, 0) is 6.42 Å². The van der Waals surface area contributed by atoms with E-state index in [0.29, 0.717) is 11.3 Å². The molecule has 0 amide bonds. The first-order chi connectivity index (χ1) is 9.58. The quantitative estimate of drug-likeness (QED) is 0.789. The Balaban J connectivity index is 2.18. The summed E-state index contributed by atoms with van der Waals surface area (Å²) in [5.41, 5.74) is 1.60. The zero-order valence-electron chi connectivity index (χ0n) is 10.3. The summed E-state index contributed by atoms with van der Waals surface area (Å²) in [6.45, 7) is 0. The van der Waals surface area contributed by atoms with Gasteiger partial charge in [0.25, 0.3) is 0 Å². The number of fused-ring (bicyclic) bond motifs is 2. The van der Waals surface area contributed by atoms with Crippen LogP contribution in [0.3, 0.4) is 0 Å². The third kappa shape index (κ3) is 2.02. The molecule has 100 valence electrons. The number of phenolic OH excluding ortho intramolecular Hbond substituents is 2. The van der Waals surface area contributed by atoms with Gasteiger partial charge in [0.2, 0.25) is 0 Å². The average molecular weight is 286 g/mol. The van der Waals surface area contributed by atoms with Gasteiger partial charge < -0.3 is 14.9 Å². The minimum Gasteiger partial charge on any atom is -0.508 e. The highest BCUT2D eigenvalue weighted by Crippen LogP contribution is 2.40. The molecule has 0 unspecified atom stereocenters. The number of ketones is 1. The first-order valence-corrected chi connectivity index (χ1v) is 6.41. The maximum Gasteiger partial charge on any atom is 0.174 e. The summed E-state index contributed by atoms with van der Waals surface area (Å²) in [5.74, 6) is -0.0392. The zero-order chi connectivity index (χ0) is 14.3. The van der Waals surface area contributed by atoms with Crippen molar-refractivity contribution in [2.75, 3.05) is 0 Å². The van der Waals surface area contributed by atoms with Gasteiger partial charge in [-0.05, 0) is 17.7 Å². The highest BCUT2D eigenvalue weighted by atomic mass is 32.1. The fourth-order valence-electron chi connectivity index (χ4n) is 2.24. The predicted octanol–water partition coefficient (Wildman–Crippen LogP) is 2.98. The molecule has 1 heterocycles. The fraction of sp³-hybridized carbons (Fsp3) is 0.0667. The summed E-state index contributed by atoms with van der Waals surface area (Å²) in [7, 11) is 0. The third-order valence-electron chi connectivity index (χ3n) is 3.14. The van der Waals surface area contributed by atoms with Gasteiger partial charge in [-0.15, -0.1) is 0 Å². The number of ether oxygens (including phenoxy) is 1. The number of Topliss-reactive ketones (excluding diaryl/α,β-unsaturated/α-hetero) is 1. The first-order valence-electron chi connectivity index (χ1n) is 5.93. The van der Waals surface area contributed by atoms with Gasteiger partial charge in [0.05, 0.1) is 0 Å². The molecule has 0 fully saturated rings. The van der Waals surface area contributed by atoms with Crippen molar-refractivity contribution in [3.8, 4) is 23.0 Å². The van der Waals surface area contributed by atoms with Gasteiger partial charge in [-0.3, -0.25) is 4.79 Å². The number of thiocarbonyl (C=S) groups is 1. The molecule has 0 saturated heterocycles. The van der Waals surface area contributed by atoms with E-state index in [0.717, 1.165) is 11.6 Å². The smallest absolute Gasteiger partial charge is 0.174 e. The molecule has 2 aromatic rings. The Labute approximate surface area is 120 Å². The maximum absolute atomic E-state index is 12.2. The fourth-order valence-corrected chi connectivity index (χ4v) is 2.38. The summed E-state index contributed by atoms with van der Waals surface area (Å²) in [6.07, 6.45) is 0.109. The monoisotopic (exact) mass is 286 g/mol. The number of rotatable bonds is 1. The molecule has 0 aliphatic carbocycles. The molecule has 5 heteroatoms. The van der Waals surface area contributed by atoms with E-state index >= 15 is 0 Å². The van der Waals surface area contributed by atoms with Crippen LogP contribution in [0.25, 0.3) is 0 Å². The lowest BCUT2D eigenvalue weighted by molar-refractivity contribution is 0.0991. The van der Waals surface area contributed by atoms with Crippen molar-refractivity contribution in [1.29, 1.82) is 0 Å². The molecular weight excluding hydrogens is 276 g/mol. The largest absolute Gasteiger partial charge is 0.508 e. The summed E-state index contributed by atoms with van der Waals surface area (Å²) < 4.78 is 5.65. The minimum absolute atomic E-state index is 0.0860. The second-order valence-electron chi connectivity index (χ2n) is 4.53. The Morgan fingerprint density at radius 3 is 2.70 bits per heavy atom. The predicted molar refractivity (Wildman–Crippen MR) is 77.1 cm³/mol. The third-order valence-corrected chi connectivity index (χ3v) is 3.41. The number of aromatic hydroxyl groups is 2. The van der Waals surface area contributed by atoms with Crippen LogP contribution in [0.1, 0.15) is 21.5 Å². The molecule has 0 atom stereocenters. The van der Waals surface area contributed by atoms with Crippen molar-refractivity contribution >= 4 is 23.4 Å². The Bertz CT molecular complexity index is 737. The zero-order valence-corrected chi connectivity index (χ0v) is 11.1. The van der Waals surface area contributed by atoms with Crippen LogP contribution in [0.5, 0.6) is 23.0 Å². The van der Waals surface area contributed by atoms with E-state index in [1.807, 2.05) is 0 Å². The molecular formula is C15H10O4S. The number of carbonyl (C=O) groups excluding carboxylic acids is 1. The molecule has 20 heavy (non-hydrogen) atoms. The SMILES string of the molecule is O=C1Cc2cc(C=S)ccc2Oc2cc(O)cc(O)c21. The molecule has 2 aromatic carbocycles. The maximum atomic E-state index is 12.2. The van der Waals surface area contributed by atoms with Crippen LogP contribution in [0.15, 0.2) is 30.3 Å². The Morgan fingerprint density at radius 1 is 1.15 bits per heavy atom. The lowest BCUT2D eigenvalue weighted by atomic mass is 10.0. The molecule has 1 aliphatic heterocycles. The summed E-state index contributed by atoms with van der Waals surface area (Å²) in [6, 6.07) is 7.72. The molecule has 1 aliphatic rings. The summed E-state index contributed by atoms with van der Waals surface area (Å²) >= 11 is 4.87. The lowest BCUT2D eigenvalue weighted by Crippen LogP contribution is -2.02. The second kappa shape index (κ2) is 4.61. The number of benzene rings is 2. The van der Waals surface area contributed by atoms with E-state index in [-0.39, 0.29) is 35.0 Å².